The molecule has 0 bridgehead atoms. The molecule has 3 aliphatic rings. The number of rotatable bonds is 9. The zero-order valence-corrected chi connectivity index (χ0v) is 22.3. The molecule has 38 heavy (non-hydrogen) atoms. The molecule has 2 aliphatic carbocycles. The predicted octanol–water partition coefficient (Wildman–Crippen LogP) is 2.51. The van der Waals surface area contributed by atoms with Gasteiger partial charge < -0.3 is 29.9 Å². The Balaban J connectivity index is 1.80. The Labute approximate surface area is 223 Å². The smallest absolute Gasteiger partial charge is 0.247 e. The van der Waals surface area contributed by atoms with Gasteiger partial charge in [0.15, 0.2) is 11.5 Å². The molecule has 0 spiro atoms. The highest BCUT2D eigenvalue weighted by Gasteiger charge is 2.51. The number of amides is 2. The summed E-state index contributed by atoms with van der Waals surface area (Å²) in [4.78, 5) is 40.2. The lowest BCUT2D eigenvalue weighted by atomic mass is 9.77. The number of hydrogen-bond acceptors (Lipinski definition) is 7. The van der Waals surface area contributed by atoms with Crippen LogP contribution in [0.15, 0.2) is 35.4 Å². The standard InChI is InChI=1S/C29H38N2O7/c1-17(2)11-24(34)31(15-18-7-5-4-6-8-18)22-14-21(29(36)30-9-10-32)25-20-12-19(16-33)13-23(37-3)27(20)38-28(25)26(22)35/h11-14,16,18,22,25-26,28,32,35H,4-10,15H2,1-3H3,(H,30,36)/t22-,25+,26+,28+/m1/s1. The average Bonchev–Trinajstić information content (AvgIpc) is 3.30. The monoisotopic (exact) mass is 526 g/mol. The highest BCUT2D eigenvalue weighted by Crippen LogP contribution is 2.51. The molecule has 4 rings (SSSR count). The third-order valence-electron chi connectivity index (χ3n) is 7.65. The molecule has 206 valence electrons. The van der Waals surface area contributed by atoms with Crippen molar-refractivity contribution in [2.75, 3.05) is 26.8 Å². The number of allylic oxidation sites excluding steroid dienone is 1. The van der Waals surface area contributed by atoms with Gasteiger partial charge in [-0.25, -0.2) is 0 Å². The quantitative estimate of drug-likeness (QED) is 0.334. The van der Waals surface area contributed by atoms with E-state index < -0.39 is 30.1 Å². The largest absolute Gasteiger partial charge is 0.493 e. The minimum atomic E-state index is -1.13. The molecule has 1 aromatic rings. The van der Waals surface area contributed by atoms with Crippen LogP contribution in [0.2, 0.25) is 0 Å². The summed E-state index contributed by atoms with van der Waals surface area (Å²) < 4.78 is 11.7. The summed E-state index contributed by atoms with van der Waals surface area (Å²) in [7, 11) is 1.46. The van der Waals surface area contributed by atoms with Gasteiger partial charge >= 0.3 is 0 Å². The maximum atomic E-state index is 13.5. The normalized spacial score (nSPS) is 24.3. The molecule has 2 amide bonds. The SMILES string of the molecule is COc1cc(C=O)cc2c1O[C@@H]1[C@@H](O)[C@H](N(CC3CCCCC3)C(=O)C=C(C)C)C=C(C(=O)NCCO)[C@H]21. The van der Waals surface area contributed by atoms with Crippen LogP contribution in [-0.4, -0.2) is 78.3 Å². The number of ether oxygens (including phenoxy) is 2. The van der Waals surface area contributed by atoms with Crippen molar-refractivity contribution in [1.29, 1.82) is 0 Å². The fourth-order valence-corrected chi connectivity index (χ4v) is 5.89. The third-order valence-corrected chi connectivity index (χ3v) is 7.65. The van der Waals surface area contributed by atoms with Crippen LogP contribution in [0, 0.1) is 5.92 Å². The van der Waals surface area contributed by atoms with Gasteiger partial charge in [0.2, 0.25) is 11.8 Å². The van der Waals surface area contributed by atoms with E-state index in [2.05, 4.69) is 5.32 Å². The van der Waals surface area contributed by atoms with Gasteiger partial charge in [0.25, 0.3) is 0 Å². The first-order valence-corrected chi connectivity index (χ1v) is 13.4. The Kier molecular flexibility index (Phi) is 8.89. The van der Waals surface area contributed by atoms with Crippen LogP contribution in [0.3, 0.4) is 0 Å². The summed E-state index contributed by atoms with van der Waals surface area (Å²) in [5.41, 5.74) is 2.08. The molecule has 1 aliphatic heterocycles. The number of aliphatic hydroxyl groups is 2. The van der Waals surface area contributed by atoms with Crippen molar-refractivity contribution in [2.45, 2.75) is 70.1 Å². The molecular weight excluding hydrogens is 488 g/mol. The molecule has 0 unspecified atom stereocenters. The second-order valence-corrected chi connectivity index (χ2v) is 10.6. The first-order valence-electron chi connectivity index (χ1n) is 13.4. The highest BCUT2D eigenvalue weighted by molar-refractivity contribution is 5.97. The lowest BCUT2D eigenvalue weighted by molar-refractivity contribution is -0.133. The van der Waals surface area contributed by atoms with E-state index in [0.717, 1.165) is 31.3 Å². The molecule has 0 saturated heterocycles. The third kappa shape index (κ3) is 5.63. The van der Waals surface area contributed by atoms with E-state index in [1.807, 2.05) is 13.8 Å². The van der Waals surface area contributed by atoms with Gasteiger partial charge in [-0.3, -0.25) is 14.4 Å². The molecule has 3 N–H and O–H groups in total. The van der Waals surface area contributed by atoms with Gasteiger partial charge in [-0.2, -0.15) is 0 Å². The van der Waals surface area contributed by atoms with E-state index in [9.17, 15) is 24.6 Å². The number of hydrogen-bond donors (Lipinski definition) is 3. The predicted molar refractivity (Wildman–Crippen MR) is 141 cm³/mol. The number of carbonyl (C=O) groups excluding carboxylic acids is 3. The van der Waals surface area contributed by atoms with E-state index >= 15 is 0 Å². The van der Waals surface area contributed by atoms with Gasteiger partial charge in [-0.15, -0.1) is 0 Å². The van der Waals surface area contributed by atoms with Crippen LogP contribution in [0.4, 0.5) is 0 Å². The van der Waals surface area contributed by atoms with Gasteiger partial charge in [0.1, 0.15) is 18.5 Å². The molecule has 0 aromatic heterocycles. The first kappa shape index (κ1) is 27.9. The van der Waals surface area contributed by atoms with E-state index in [1.54, 1.807) is 29.2 Å². The number of aldehydes is 1. The van der Waals surface area contributed by atoms with Crippen LogP contribution in [0.1, 0.15) is 67.8 Å². The van der Waals surface area contributed by atoms with E-state index in [-0.39, 0.29) is 19.1 Å². The zero-order valence-electron chi connectivity index (χ0n) is 22.3. The molecule has 1 fully saturated rings. The Morgan fingerprint density at radius 2 is 1.95 bits per heavy atom. The zero-order chi connectivity index (χ0) is 27.4. The van der Waals surface area contributed by atoms with Gasteiger partial charge in [0.05, 0.1) is 25.7 Å². The molecule has 0 radical (unpaired) electrons. The van der Waals surface area contributed by atoms with Crippen molar-refractivity contribution < 1.29 is 34.1 Å². The maximum Gasteiger partial charge on any atom is 0.247 e. The number of nitrogens with one attached hydrogen (secondary N) is 1. The van der Waals surface area contributed by atoms with Crippen molar-refractivity contribution >= 4 is 18.1 Å². The van der Waals surface area contributed by atoms with Gasteiger partial charge in [-0.05, 0) is 50.8 Å². The summed E-state index contributed by atoms with van der Waals surface area (Å²) >= 11 is 0. The van der Waals surface area contributed by atoms with E-state index in [4.69, 9.17) is 9.47 Å². The fraction of sp³-hybridized carbons (Fsp3) is 0.552. The minimum absolute atomic E-state index is 0.0503. The Morgan fingerprint density at radius 3 is 2.58 bits per heavy atom. The summed E-state index contributed by atoms with van der Waals surface area (Å²) in [5, 5.41) is 23.7. The van der Waals surface area contributed by atoms with Crippen LogP contribution >= 0.6 is 0 Å². The molecule has 9 nitrogen and oxygen atoms in total. The van der Waals surface area contributed by atoms with E-state index in [1.165, 1.54) is 13.5 Å². The first-order chi connectivity index (χ1) is 18.3. The molecule has 1 saturated carbocycles. The van der Waals surface area contributed by atoms with Gasteiger partial charge in [-0.1, -0.05) is 24.8 Å². The number of aliphatic hydroxyl groups excluding tert-OH is 2. The number of fused-ring (bicyclic) bond motifs is 3. The second kappa shape index (κ2) is 12.1. The molecule has 9 heteroatoms. The average molecular weight is 527 g/mol. The Hall–Kier alpha value is -3.17. The lowest BCUT2D eigenvalue weighted by Gasteiger charge is -2.42. The molecule has 4 atom stereocenters. The lowest BCUT2D eigenvalue weighted by Crippen LogP contribution is -2.56. The van der Waals surface area contributed by atoms with Gasteiger partial charge in [0, 0.05) is 35.9 Å². The number of carbonyl (C=O) groups is 3. The number of methoxy groups -OCH3 is 1. The number of benzene rings is 1. The minimum Gasteiger partial charge on any atom is -0.493 e. The summed E-state index contributed by atoms with van der Waals surface area (Å²) in [6, 6.07) is 2.39. The Morgan fingerprint density at radius 1 is 1.21 bits per heavy atom. The summed E-state index contributed by atoms with van der Waals surface area (Å²) in [6.07, 6.45) is 7.31. The fourth-order valence-electron chi connectivity index (χ4n) is 5.89. The molecular formula is C29H38N2O7. The van der Waals surface area contributed by atoms with Crippen LogP contribution in [0.5, 0.6) is 11.5 Å². The maximum absolute atomic E-state index is 13.5. The van der Waals surface area contributed by atoms with Crippen LogP contribution < -0.4 is 14.8 Å². The van der Waals surface area contributed by atoms with Crippen LogP contribution in [0.25, 0.3) is 0 Å². The van der Waals surface area contributed by atoms with Crippen molar-refractivity contribution in [3.8, 4) is 11.5 Å². The topological polar surface area (TPSA) is 125 Å². The van der Waals surface area contributed by atoms with Crippen molar-refractivity contribution in [2.24, 2.45) is 5.92 Å². The number of nitrogens with zero attached hydrogens (tertiary/aromatic N) is 1. The van der Waals surface area contributed by atoms with Crippen molar-refractivity contribution in [1.82, 2.24) is 10.2 Å². The van der Waals surface area contributed by atoms with Crippen LogP contribution in [-0.2, 0) is 9.59 Å². The second-order valence-electron chi connectivity index (χ2n) is 10.6. The molecule has 1 heterocycles. The van der Waals surface area contributed by atoms with E-state index in [0.29, 0.717) is 46.9 Å². The van der Waals surface area contributed by atoms with Crippen molar-refractivity contribution in [3.05, 3.63) is 46.6 Å². The Bertz CT molecular complexity index is 1120. The highest BCUT2D eigenvalue weighted by atomic mass is 16.5. The summed E-state index contributed by atoms with van der Waals surface area (Å²) in [6.45, 7) is 3.98. The van der Waals surface area contributed by atoms with Crippen molar-refractivity contribution in [3.63, 3.8) is 0 Å². The molecule has 1 aromatic carbocycles. The summed E-state index contributed by atoms with van der Waals surface area (Å²) in [5.74, 6) is -0.328.